The molecule has 0 radical (unpaired) electrons. The van der Waals surface area contributed by atoms with E-state index >= 15 is 0 Å². The molecule has 0 unspecified atom stereocenters. The van der Waals surface area contributed by atoms with Crippen LogP contribution in [0.25, 0.3) is 0 Å². The molecule has 2 heterocycles. The molecule has 1 saturated heterocycles. The first-order chi connectivity index (χ1) is 15.3. The number of halogens is 2. The third kappa shape index (κ3) is 5.07. The molecule has 168 valence electrons. The molecule has 0 amide bonds. The van der Waals surface area contributed by atoms with Gasteiger partial charge in [0.05, 0.1) is 12.0 Å². The van der Waals surface area contributed by atoms with Gasteiger partial charge in [0.2, 0.25) is 21.9 Å². The van der Waals surface area contributed by atoms with Crippen molar-refractivity contribution in [1.29, 1.82) is 0 Å². The molecule has 0 bridgehead atoms. The third-order valence-electron chi connectivity index (χ3n) is 4.89. The fraction of sp³-hybridized carbons (Fsp3) is 0.238. The standard InChI is InChI=1S/C21H20Cl2N4O4S/c1-30-17-2-4-19(5-3-17)32(28,29)27-10-8-26(9-11-27)21-24-7-6-20(25-21)31-18-13-15(22)12-16(23)14-18/h2-7,12-14H,8-11H2,1H3. The molecule has 1 aromatic heterocycles. The highest BCUT2D eigenvalue weighted by Crippen LogP contribution is 2.28. The molecular weight excluding hydrogens is 475 g/mol. The highest BCUT2D eigenvalue weighted by atomic mass is 35.5. The van der Waals surface area contributed by atoms with Crippen LogP contribution in [0.4, 0.5) is 5.95 Å². The Bertz CT molecular complexity index is 1180. The Balaban J connectivity index is 1.43. The second-order valence-corrected chi connectivity index (χ2v) is 9.78. The fourth-order valence-corrected chi connectivity index (χ4v) is 5.20. The number of aromatic nitrogens is 2. The zero-order valence-corrected chi connectivity index (χ0v) is 19.4. The number of rotatable bonds is 6. The predicted molar refractivity (Wildman–Crippen MR) is 123 cm³/mol. The zero-order valence-electron chi connectivity index (χ0n) is 17.1. The number of piperazine rings is 1. The van der Waals surface area contributed by atoms with Crippen LogP contribution in [0.1, 0.15) is 0 Å². The van der Waals surface area contributed by atoms with Crippen LogP contribution in [0.5, 0.6) is 17.4 Å². The smallest absolute Gasteiger partial charge is 0.243 e. The maximum absolute atomic E-state index is 12.9. The summed E-state index contributed by atoms with van der Waals surface area (Å²) >= 11 is 12.0. The number of sulfonamides is 1. The summed E-state index contributed by atoms with van der Waals surface area (Å²) in [5.41, 5.74) is 0. The van der Waals surface area contributed by atoms with E-state index in [1.807, 2.05) is 4.90 Å². The van der Waals surface area contributed by atoms with E-state index in [1.165, 1.54) is 11.4 Å². The van der Waals surface area contributed by atoms with Gasteiger partial charge >= 0.3 is 0 Å². The molecule has 0 spiro atoms. The molecule has 32 heavy (non-hydrogen) atoms. The minimum atomic E-state index is -3.59. The lowest BCUT2D eigenvalue weighted by molar-refractivity contribution is 0.381. The molecule has 0 saturated carbocycles. The first-order valence-electron chi connectivity index (χ1n) is 9.71. The van der Waals surface area contributed by atoms with Crippen LogP contribution in [0.15, 0.2) is 59.6 Å². The van der Waals surface area contributed by atoms with Crippen LogP contribution in [-0.4, -0.2) is 56.0 Å². The van der Waals surface area contributed by atoms with E-state index in [0.717, 1.165) is 0 Å². The van der Waals surface area contributed by atoms with E-state index < -0.39 is 10.0 Å². The predicted octanol–water partition coefficient (Wildman–Crippen LogP) is 4.10. The zero-order chi connectivity index (χ0) is 22.7. The second-order valence-electron chi connectivity index (χ2n) is 6.97. The van der Waals surface area contributed by atoms with Gasteiger partial charge in [-0.25, -0.2) is 13.4 Å². The van der Waals surface area contributed by atoms with Gasteiger partial charge in [0.1, 0.15) is 11.5 Å². The van der Waals surface area contributed by atoms with Crippen molar-refractivity contribution in [2.24, 2.45) is 0 Å². The number of hydrogen-bond acceptors (Lipinski definition) is 7. The summed E-state index contributed by atoms with van der Waals surface area (Å²) in [4.78, 5) is 10.9. The van der Waals surface area contributed by atoms with E-state index in [2.05, 4.69) is 9.97 Å². The average Bonchev–Trinajstić information content (AvgIpc) is 2.79. The topological polar surface area (TPSA) is 84.9 Å². The van der Waals surface area contributed by atoms with Crippen molar-refractivity contribution < 1.29 is 17.9 Å². The van der Waals surface area contributed by atoms with Gasteiger partial charge in [-0.05, 0) is 42.5 Å². The van der Waals surface area contributed by atoms with E-state index in [1.54, 1.807) is 54.7 Å². The van der Waals surface area contributed by atoms with Crippen molar-refractivity contribution in [1.82, 2.24) is 14.3 Å². The minimum Gasteiger partial charge on any atom is -0.497 e. The van der Waals surface area contributed by atoms with Crippen molar-refractivity contribution in [2.75, 3.05) is 38.2 Å². The largest absolute Gasteiger partial charge is 0.497 e. The average molecular weight is 495 g/mol. The molecule has 0 aliphatic carbocycles. The number of hydrogen-bond donors (Lipinski definition) is 0. The summed E-state index contributed by atoms with van der Waals surface area (Å²) < 4.78 is 38.2. The molecule has 0 atom stereocenters. The highest BCUT2D eigenvalue weighted by Gasteiger charge is 2.29. The van der Waals surface area contributed by atoms with Crippen LogP contribution in [0.2, 0.25) is 10.0 Å². The molecule has 2 aromatic carbocycles. The van der Waals surface area contributed by atoms with Gasteiger partial charge in [-0.2, -0.15) is 9.29 Å². The summed E-state index contributed by atoms with van der Waals surface area (Å²) in [5, 5.41) is 0.909. The third-order valence-corrected chi connectivity index (χ3v) is 7.24. The van der Waals surface area contributed by atoms with E-state index in [0.29, 0.717) is 59.6 Å². The van der Waals surface area contributed by atoms with Crippen LogP contribution in [0.3, 0.4) is 0 Å². The normalized spacial score (nSPS) is 14.9. The molecule has 3 aromatic rings. The summed E-state index contributed by atoms with van der Waals surface area (Å²) in [6.07, 6.45) is 1.59. The van der Waals surface area contributed by atoms with E-state index in [-0.39, 0.29) is 4.90 Å². The summed E-state index contributed by atoms with van der Waals surface area (Å²) in [5.74, 6) is 1.86. The summed E-state index contributed by atoms with van der Waals surface area (Å²) in [7, 11) is -2.05. The first-order valence-corrected chi connectivity index (χ1v) is 11.9. The monoisotopic (exact) mass is 494 g/mol. The minimum absolute atomic E-state index is 0.235. The fourth-order valence-electron chi connectivity index (χ4n) is 3.28. The van der Waals surface area contributed by atoms with E-state index in [9.17, 15) is 8.42 Å². The van der Waals surface area contributed by atoms with Crippen LogP contribution >= 0.6 is 23.2 Å². The Morgan fingerprint density at radius 2 is 1.56 bits per heavy atom. The van der Waals surface area contributed by atoms with Gasteiger partial charge in [-0.1, -0.05) is 23.2 Å². The lowest BCUT2D eigenvalue weighted by Gasteiger charge is -2.34. The van der Waals surface area contributed by atoms with Crippen molar-refractivity contribution in [2.45, 2.75) is 4.90 Å². The van der Waals surface area contributed by atoms with Crippen molar-refractivity contribution in [3.63, 3.8) is 0 Å². The van der Waals surface area contributed by atoms with Crippen molar-refractivity contribution >= 4 is 39.2 Å². The molecule has 1 aliphatic heterocycles. The number of benzene rings is 2. The van der Waals surface area contributed by atoms with Crippen molar-refractivity contribution in [3.05, 3.63) is 64.8 Å². The van der Waals surface area contributed by atoms with Gasteiger partial charge in [0, 0.05) is 48.5 Å². The molecule has 8 nitrogen and oxygen atoms in total. The Morgan fingerprint density at radius 3 is 2.19 bits per heavy atom. The molecule has 1 fully saturated rings. The molecule has 11 heteroatoms. The summed E-state index contributed by atoms with van der Waals surface area (Å²) in [6.45, 7) is 1.52. The Hall–Kier alpha value is -2.59. The molecule has 4 rings (SSSR count). The van der Waals surface area contributed by atoms with Crippen LogP contribution in [-0.2, 0) is 10.0 Å². The molecular formula is C21H20Cl2N4O4S. The lowest BCUT2D eigenvalue weighted by Crippen LogP contribution is -2.49. The van der Waals surface area contributed by atoms with Crippen molar-refractivity contribution in [3.8, 4) is 17.4 Å². The van der Waals surface area contributed by atoms with Gasteiger partial charge < -0.3 is 14.4 Å². The number of anilines is 1. The first kappa shape index (κ1) is 22.6. The van der Waals surface area contributed by atoms with Gasteiger partial charge in [-0.15, -0.1) is 0 Å². The SMILES string of the molecule is COc1ccc(S(=O)(=O)N2CCN(c3nccc(Oc4cc(Cl)cc(Cl)c4)n3)CC2)cc1. The number of nitrogens with zero attached hydrogens (tertiary/aromatic N) is 4. The highest BCUT2D eigenvalue weighted by molar-refractivity contribution is 7.89. The number of methoxy groups -OCH3 is 1. The lowest BCUT2D eigenvalue weighted by atomic mass is 10.3. The van der Waals surface area contributed by atoms with Gasteiger partial charge in [-0.3, -0.25) is 0 Å². The Labute approximate surface area is 196 Å². The maximum atomic E-state index is 12.9. The summed E-state index contributed by atoms with van der Waals surface area (Å²) in [6, 6.07) is 12.9. The van der Waals surface area contributed by atoms with Crippen LogP contribution in [0, 0.1) is 0 Å². The van der Waals surface area contributed by atoms with Gasteiger partial charge in [0.15, 0.2) is 0 Å². The van der Waals surface area contributed by atoms with E-state index in [4.69, 9.17) is 32.7 Å². The molecule has 0 N–H and O–H groups in total. The quantitative estimate of drug-likeness (QED) is 0.509. The Kier molecular flexibility index (Phi) is 6.71. The maximum Gasteiger partial charge on any atom is 0.243 e. The second kappa shape index (κ2) is 9.50. The van der Waals surface area contributed by atoms with Crippen LogP contribution < -0.4 is 14.4 Å². The number of ether oxygens (including phenoxy) is 2. The van der Waals surface area contributed by atoms with Gasteiger partial charge in [0.25, 0.3) is 0 Å². The Morgan fingerprint density at radius 1 is 0.906 bits per heavy atom. The molecule has 1 aliphatic rings.